The van der Waals surface area contributed by atoms with Crippen LogP contribution >= 0.6 is 0 Å². The van der Waals surface area contributed by atoms with Crippen LogP contribution in [0.25, 0.3) is 5.69 Å². The van der Waals surface area contributed by atoms with E-state index in [1.54, 1.807) is 0 Å². The Morgan fingerprint density at radius 2 is 1.82 bits per heavy atom. The maximum atomic E-state index is 14.6. The highest BCUT2D eigenvalue weighted by Crippen LogP contribution is 2.57. The number of nitrogens with zero attached hydrogens (tertiary/aromatic N) is 3. The summed E-state index contributed by atoms with van der Waals surface area (Å²) in [7, 11) is 0. The van der Waals surface area contributed by atoms with Crippen molar-refractivity contribution in [2.75, 3.05) is 0 Å². The molecule has 1 unspecified atom stereocenters. The Morgan fingerprint density at radius 3 is 2.50 bits per heavy atom. The molecule has 1 saturated heterocycles. The molecule has 8 heteroatoms. The average Bonchev–Trinajstić information content (AvgIpc) is 3.17. The van der Waals surface area contributed by atoms with Crippen LogP contribution in [0.4, 0.5) is 8.78 Å². The lowest BCUT2D eigenvalue weighted by atomic mass is 9.94. The average molecular weight is 469 g/mol. The maximum absolute atomic E-state index is 14.6. The van der Waals surface area contributed by atoms with E-state index in [0.29, 0.717) is 18.8 Å². The van der Waals surface area contributed by atoms with E-state index in [0.717, 1.165) is 55.8 Å². The molecule has 1 aliphatic heterocycles. The van der Waals surface area contributed by atoms with Gasteiger partial charge >= 0.3 is 0 Å². The second-order valence-corrected chi connectivity index (χ2v) is 10.8. The van der Waals surface area contributed by atoms with Crippen molar-refractivity contribution in [3.63, 3.8) is 0 Å². The number of carbonyl (C=O) groups is 2. The molecule has 2 amide bonds. The van der Waals surface area contributed by atoms with E-state index in [2.05, 4.69) is 24.3 Å². The molecular weight excluding hydrogens is 438 g/mol. The standard InChI is InChI=1S/C26H30F2N4O2/c1-14-5-6-15(2)31(14)25(34)26(9-3-4-10-26)29-24(33)22-19-12-16-11-18(16)23(19)32(30-22)21-8-7-17(27)13-20(21)28/h7-8,13-16,18H,3-6,9-12H2,1-2H3,(H,29,33)/t14-,15?,16+,18+/m0/s1. The topological polar surface area (TPSA) is 67.2 Å². The highest BCUT2D eigenvalue weighted by atomic mass is 19.1. The number of carbonyl (C=O) groups excluding carboxylic acids is 2. The molecule has 1 aromatic heterocycles. The number of amides is 2. The van der Waals surface area contributed by atoms with Crippen LogP contribution in [0.5, 0.6) is 0 Å². The number of nitrogens with one attached hydrogen (secondary N) is 1. The van der Waals surface area contributed by atoms with Crippen LogP contribution in [-0.2, 0) is 11.2 Å². The van der Waals surface area contributed by atoms with Crippen LogP contribution in [0.3, 0.4) is 0 Å². The van der Waals surface area contributed by atoms with Gasteiger partial charge in [0.1, 0.15) is 17.0 Å². The Labute approximate surface area is 197 Å². The van der Waals surface area contributed by atoms with E-state index in [4.69, 9.17) is 0 Å². The quantitative estimate of drug-likeness (QED) is 0.730. The Balaban J connectivity index is 1.35. The van der Waals surface area contributed by atoms with Gasteiger partial charge in [0.05, 0.1) is 5.69 Å². The zero-order valence-electron chi connectivity index (χ0n) is 19.6. The summed E-state index contributed by atoms with van der Waals surface area (Å²) in [6.07, 6.45) is 6.69. The molecule has 1 N–H and O–H groups in total. The third kappa shape index (κ3) is 3.21. The van der Waals surface area contributed by atoms with Crippen LogP contribution in [-0.4, -0.2) is 44.1 Å². The summed E-state index contributed by atoms with van der Waals surface area (Å²) in [5.41, 5.74) is 1.20. The van der Waals surface area contributed by atoms with E-state index in [1.807, 2.05) is 4.90 Å². The van der Waals surface area contributed by atoms with E-state index < -0.39 is 17.2 Å². The van der Waals surface area contributed by atoms with Crippen molar-refractivity contribution in [3.8, 4) is 5.69 Å². The Morgan fingerprint density at radius 1 is 1.12 bits per heavy atom. The molecule has 3 fully saturated rings. The normalized spacial score (nSPS) is 28.6. The number of likely N-dealkylation sites (tertiary alicyclic amines) is 1. The molecule has 4 aliphatic rings. The molecular formula is C26H30F2N4O2. The van der Waals surface area contributed by atoms with Gasteiger partial charge in [0.2, 0.25) is 5.91 Å². The molecule has 34 heavy (non-hydrogen) atoms. The Kier molecular flexibility index (Phi) is 4.87. The van der Waals surface area contributed by atoms with Crippen molar-refractivity contribution in [2.45, 2.75) is 88.8 Å². The summed E-state index contributed by atoms with van der Waals surface area (Å²) in [4.78, 5) is 29.4. The van der Waals surface area contributed by atoms with Gasteiger partial charge in [-0.1, -0.05) is 12.8 Å². The van der Waals surface area contributed by atoms with Crippen molar-refractivity contribution in [1.82, 2.24) is 20.0 Å². The summed E-state index contributed by atoms with van der Waals surface area (Å²) in [5.74, 6) is -1.02. The van der Waals surface area contributed by atoms with Crippen LogP contribution in [0, 0.1) is 17.6 Å². The van der Waals surface area contributed by atoms with Crippen LogP contribution in [0.15, 0.2) is 18.2 Å². The first-order chi connectivity index (χ1) is 16.3. The third-order valence-electron chi connectivity index (χ3n) is 8.52. The largest absolute Gasteiger partial charge is 0.336 e. The van der Waals surface area contributed by atoms with Gasteiger partial charge in [-0.2, -0.15) is 5.10 Å². The second kappa shape index (κ2) is 7.62. The van der Waals surface area contributed by atoms with E-state index in [9.17, 15) is 18.4 Å². The zero-order valence-corrected chi connectivity index (χ0v) is 19.6. The molecule has 6 rings (SSSR count). The number of hydrogen-bond acceptors (Lipinski definition) is 3. The van der Waals surface area contributed by atoms with E-state index >= 15 is 0 Å². The van der Waals surface area contributed by atoms with Gasteiger partial charge in [-0.25, -0.2) is 13.5 Å². The fourth-order valence-electron chi connectivity index (χ4n) is 6.62. The monoisotopic (exact) mass is 468 g/mol. The fraction of sp³-hybridized carbons (Fsp3) is 0.577. The van der Waals surface area contributed by atoms with Gasteiger partial charge in [0.25, 0.3) is 5.91 Å². The first-order valence-electron chi connectivity index (χ1n) is 12.5. The van der Waals surface area contributed by atoms with Gasteiger partial charge in [-0.3, -0.25) is 9.59 Å². The number of fused-ring (bicyclic) bond motifs is 3. The van der Waals surface area contributed by atoms with Crippen LogP contribution in [0.2, 0.25) is 0 Å². The van der Waals surface area contributed by atoms with Crippen molar-refractivity contribution in [2.24, 2.45) is 5.92 Å². The highest BCUT2D eigenvalue weighted by molar-refractivity contribution is 5.99. The number of aromatic nitrogens is 2. The highest BCUT2D eigenvalue weighted by Gasteiger charge is 2.52. The minimum Gasteiger partial charge on any atom is -0.336 e. The molecule has 180 valence electrons. The molecule has 3 aliphatic carbocycles. The molecule has 0 spiro atoms. The first kappa shape index (κ1) is 21.7. The number of rotatable bonds is 4. The molecule has 2 aromatic rings. The van der Waals surface area contributed by atoms with Crippen LogP contribution in [0.1, 0.15) is 86.5 Å². The van der Waals surface area contributed by atoms with Gasteiger partial charge in [-0.15, -0.1) is 0 Å². The van der Waals surface area contributed by atoms with Crippen molar-refractivity contribution in [3.05, 3.63) is 46.8 Å². The van der Waals surface area contributed by atoms with E-state index in [-0.39, 0.29) is 41.2 Å². The molecule has 4 atom stereocenters. The molecule has 1 aromatic carbocycles. The van der Waals surface area contributed by atoms with Crippen molar-refractivity contribution in [1.29, 1.82) is 0 Å². The first-order valence-corrected chi connectivity index (χ1v) is 12.5. The summed E-state index contributed by atoms with van der Waals surface area (Å²) in [6, 6.07) is 3.74. The lowest BCUT2D eigenvalue weighted by Gasteiger charge is -2.37. The predicted octanol–water partition coefficient (Wildman–Crippen LogP) is 4.25. The van der Waals surface area contributed by atoms with E-state index in [1.165, 1.54) is 16.8 Å². The predicted molar refractivity (Wildman–Crippen MR) is 122 cm³/mol. The summed E-state index contributed by atoms with van der Waals surface area (Å²) < 4.78 is 29.6. The third-order valence-corrected chi connectivity index (χ3v) is 8.52. The van der Waals surface area contributed by atoms with Crippen molar-refractivity contribution < 1.29 is 18.4 Å². The van der Waals surface area contributed by atoms with Crippen LogP contribution < -0.4 is 5.32 Å². The van der Waals surface area contributed by atoms with Gasteiger partial charge in [0, 0.05) is 29.6 Å². The zero-order chi connectivity index (χ0) is 23.8. The molecule has 0 bridgehead atoms. The summed E-state index contributed by atoms with van der Waals surface area (Å²) in [5, 5.41) is 7.66. The smallest absolute Gasteiger partial charge is 0.272 e. The van der Waals surface area contributed by atoms with Crippen molar-refractivity contribution >= 4 is 11.8 Å². The SMILES string of the molecule is CC1CC[C@H](C)N1C(=O)C1(NC(=O)c2nn(-c3ccc(F)cc3F)c3c2C[C@H]2C[C@@H]32)CCCC1. The lowest BCUT2D eigenvalue weighted by Crippen LogP contribution is -2.60. The summed E-state index contributed by atoms with van der Waals surface area (Å²) >= 11 is 0. The lowest BCUT2D eigenvalue weighted by molar-refractivity contribution is -0.140. The second-order valence-electron chi connectivity index (χ2n) is 10.8. The minimum atomic E-state index is -0.913. The molecule has 6 nitrogen and oxygen atoms in total. The number of hydrogen-bond donors (Lipinski definition) is 1. The van der Waals surface area contributed by atoms with Gasteiger partial charge in [0.15, 0.2) is 11.5 Å². The molecule has 0 radical (unpaired) electrons. The van der Waals surface area contributed by atoms with Gasteiger partial charge in [-0.05, 0) is 70.4 Å². The number of benzene rings is 1. The molecule has 2 heterocycles. The minimum absolute atomic E-state index is 0.0133. The fourth-order valence-corrected chi connectivity index (χ4v) is 6.62. The maximum Gasteiger partial charge on any atom is 0.272 e. The Hall–Kier alpha value is -2.77. The summed E-state index contributed by atoms with van der Waals surface area (Å²) in [6.45, 7) is 4.15. The number of halogens is 2. The van der Waals surface area contributed by atoms with Gasteiger partial charge < -0.3 is 10.2 Å². The Bertz CT molecular complexity index is 1180. The molecule has 2 saturated carbocycles.